The first-order valence-electron chi connectivity index (χ1n) is 11.3. The normalized spacial score (nSPS) is 16.6. The number of imidazole rings is 1. The van der Waals surface area contributed by atoms with Crippen LogP contribution in [0.3, 0.4) is 0 Å². The second-order valence-corrected chi connectivity index (χ2v) is 8.72. The maximum Gasteiger partial charge on any atom is 0.274 e. The standard InChI is InChI=1S/C25H24FN5O/c26-17-8-10-18(11-9-17)31-22-7-3-4-19(22)23(29-31)25(32)30-14-12-16(13-15-30)24-27-20-5-1-2-6-21(20)28-24/h1-2,5-6,8-11,16H,3-4,7,12-15H2,(H,27,28). The van der Waals surface area contributed by atoms with Crippen LogP contribution in [0.4, 0.5) is 4.39 Å². The van der Waals surface area contributed by atoms with Gasteiger partial charge in [0.1, 0.15) is 11.6 Å². The Morgan fingerprint density at radius 1 is 1.03 bits per heavy atom. The summed E-state index contributed by atoms with van der Waals surface area (Å²) in [5, 5.41) is 4.70. The molecule has 0 radical (unpaired) electrons. The number of carbonyl (C=O) groups is 1. The summed E-state index contributed by atoms with van der Waals surface area (Å²) in [5.41, 5.74) is 5.54. The third-order valence-electron chi connectivity index (χ3n) is 6.78. The van der Waals surface area contributed by atoms with Gasteiger partial charge >= 0.3 is 0 Å². The highest BCUT2D eigenvalue weighted by molar-refractivity contribution is 5.94. The lowest BCUT2D eigenvalue weighted by molar-refractivity contribution is 0.0703. The summed E-state index contributed by atoms with van der Waals surface area (Å²) in [4.78, 5) is 23.5. The van der Waals surface area contributed by atoms with Crippen LogP contribution in [0.2, 0.25) is 0 Å². The Morgan fingerprint density at radius 2 is 1.81 bits per heavy atom. The lowest BCUT2D eigenvalue weighted by atomic mass is 9.96. The van der Waals surface area contributed by atoms with Crippen molar-refractivity contribution >= 4 is 16.9 Å². The van der Waals surface area contributed by atoms with Gasteiger partial charge in [-0.15, -0.1) is 0 Å². The van der Waals surface area contributed by atoms with Gasteiger partial charge in [-0.25, -0.2) is 14.1 Å². The van der Waals surface area contributed by atoms with Gasteiger partial charge in [0.2, 0.25) is 0 Å². The molecule has 0 atom stereocenters. The molecule has 1 amide bonds. The maximum absolute atomic E-state index is 13.4. The summed E-state index contributed by atoms with van der Waals surface area (Å²) in [6.45, 7) is 1.39. The summed E-state index contributed by atoms with van der Waals surface area (Å²) in [7, 11) is 0. The van der Waals surface area contributed by atoms with E-state index in [1.54, 1.807) is 12.1 Å². The fraction of sp³-hybridized carbons (Fsp3) is 0.320. The summed E-state index contributed by atoms with van der Waals surface area (Å²) in [5.74, 6) is 1.07. The third kappa shape index (κ3) is 3.20. The molecule has 3 heterocycles. The molecule has 1 aliphatic heterocycles. The van der Waals surface area contributed by atoms with Crippen LogP contribution in [0.1, 0.15) is 52.8 Å². The Labute approximate surface area is 185 Å². The molecular formula is C25H24FN5O. The number of aromatic amines is 1. The van der Waals surface area contributed by atoms with E-state index in [1.165, 1.54) is 12.1 Å². The van der Waals surface area contributed by atoms with Gasteiger partial charge in [0.05, 0.1) is 16.7 Å². The van der Waals surface area contributed by atoms with Crippen molar-refractivity contribution in [3.8, 4) is 5.69 Å². The molecule has 32 heavy (non-hydrogen) atoms. The molecule has 2 aromatic carbocycles. The number of likely N-dealkylation sites (tertiary alicyclic amines) is 1. The van der Waals surface area contributed by atoms with Crippen molar-refractivity contribution in [1.29, 1.82) is 0 Å². The topological polar surface area (TPSA) is 66.8 Å². The van der Waals surface area contributed by atoms with Crippen molar-refractivity contribution in [2.24, 2.45) is 0 Å². The van der Waals surface area contributed by atoms with Crippen LogP contribution in [0.15, 0.2) is 48.5 Å². The van der Waals surface area contributed by atoms with E-state index >= 15 is 0 Å². The highest BCUT2D eigenvalue weighted by Crippen LogP contribution is 2.31. The molecule has 1 fully saturated rings. The zero-order valence-corrected chi connectivity index (χ0v) is 17.7. The summed E-state index contributed by atoms with van der Waals surface area (Å²) >= 11 is 0. The molecule has 2 aromatic heterocycles. The number of halogens is 1. The van der Waals surface area contributed by atoms with Gasteiger partial charge in [-0.2, -0.15) is 5.10 Å². The van der Waals surface area contributed by atoms with Gasteiger partial charge in [-0.05, 0) is 68.5 Å². The second kappa shape index (κ2) is 7.58. The fourth-order valence-corrected chi connectivity index (χ4v) is 5.08. The van der Waals surface area contributed by atoms with E-state index < -0.39 is 0 Å². The number of nitrogens with zero attached hydrogens (tertiary/aromatic N) is 4. The molecule has 4 aromatic rings. The van der Waals surface area contributed by atoms with Crippen molar-refractivity contribution < 1.29 is 9.18 Å². The number of fused-ring (bicyclic) bond motifs is 2. The Kier molecular flexibility index (Phi) is 4.56. The lowest BCUT2D eigenvalue weighted by Crippen LogP contribution is -2.38. The molecule has 0 unspecified atom stereocenters. The minimum atomic E-state index is -0.277. The van der Waals surface area contributed by atoms with Gasteiger partial charge < -0.3 is 9.88 Å². The molecule has 6 rings (SSSR count). The number of para-hydroxylation sites is 2. The first-order chi connectivity index (χ1) is 15.7. The molecule has 0 bridgehead atoms. The number of piperidine rings is 1. The summed E-state index contributed by atoms with van der Waals surface area (Å²) < 4.78 is 15.2. The Hall–Kier alpha value is -3.48. The molecule has 1 aliphatic carbocycles. The number of rotatable bonds is 3. The molecule has 6 nitrogen and oxygen atoms in total. The smallest absolute Gasteiger partial charge is 0.274 e. The van der Waals surface area contributed by atoms with E-state index in [1.807, 2.05) is 33.8 Å². The minimum Gasteiger partial charge on any atom is -0.342 e. The number of benzene rings is 2. The van der Waals surface area contributed by atoms with Gasteiger partial charge in [0, 0.05) is 30.3 Å². The third-order valence-corrected chi connectivity index (χ3v) is 6.78. The number of hydrogen-bond acceptors (Lipinski definition) is 3. The maximum atomic E-state index is 13.4. The van der Waals surface area contributed by atoms with Crippen LogP contribution in [0.25, 0.3) is 16.7 Å². The number of H-pyrrole nitrogens is 1. The predicted octanol–water partition coefficient (Wildman–Crippen LogP) is 4.40. The first kappa shape index (κ1) is 19.2. The van der Waals surface area contributed by atoms with Crippen LogP contribution in [0.5, 0.6) is 0 Å². The van der Waals surface area contributed by atoms with Crippen LogP contribution in [0, 0.1) is 5.82 Å². The number of amides is 1. The van der Waals surface area contributed by atoms with E-state index in [0.717, 1.165) is 65.9 Å². The monoisotopic (exact) mass is 429 g/mol. The quantitative estimate of drug-likeness (QED) is 0.525. The van der Waals surface area contributed by atoms with E-state index in [4.69, 9.17) is 10.1 Å². The predicted molar refractivity (Wildman–Crippen MR) is 120 cm³/mol. The van der Waals surface area contributed by atoms with Crippen molar-refractivity contribution in [2.75, 3.05) is 13.1 Å². The zero-order chi connectivity index (χ0) is 21.7. The number of nitrogens with one attached hydrogen (secondary N) is 1. The Bertz CT molecular complexity index is 1260. The number of carbonyl (C=O) groups excluding carboxylic acids is 1. The van der Waals surface area contributed by atoms with E-state index in [0.29, 0.717) is 24.7 Å². The van der Waals surface area contributed by atoms with Crippen LogP contribution in [-0.2, 0) is 12.8 Å². The second-order valence-electron chi connectivity index (χ2n) is 8.72. The molecule has 7 heteroatoms. The molecule has 0 saturated carbocycles. The van der Waals surface area contributed by atoms with Gasteiger partial charge in [0.25, 0.3) is 5.91 Å². The molecule has 1 saturated heterocycles. The molecule has 2 aliphatic rings. The van der Waals surface area contributed by atoms with Crippen molar-refractivity contribution in [3.05, 3.63) is 77.1 Å². The summed E-state index contributed by atoms with van der Waals surface area (Å²) in [6.07, 6.45) is 4.54. The van der Waals surface area contributed by atoms with Crippen molar-refractivity contribution in [3.63, 3.8) is 0 Å². The molecular weight excluding hydrogens is 405 g/mol. The van der Waals surface area contributed by atoms with Gasteiger partial charge in [-0.3, -0.25) is 4.79 Å². The van der Waals surface area contributed by atoms with Crippen molar-refractivity contribution in [1.82, 2.24) is 24.6 Å². The lowest BCUT2D eigenvalue weighted by Gasteiger charge is -2.30. The van der Waals surface area contributed by atoms with Crippen LogP contribution < -0.4 is 0 Å². The molecule has 0 spiro atoms. The summed E-state index contributed by atoms with van der Waals surface area (Å²) in [6, 6.07) is 14.4. The SMILES string of the molecule is O=C(c1nn(-c2ccc(F)cc2)c2c1CCC2)N1CCC(c2nc3ccccc3[nH]2)CC1. The molecule has 162 valence electrons. The van der Waals surface area contributed by atoms with E-state index in [9.17, 15) is 9.18 Å². The zero-order valence-electron chi connectivity index (χ0n) is 17.7. The van der Waals surface area contributed by atoms with Crippen LogP contribution in [-0.4, -0.2) is 43.6 Å². The number of hydrogen-bond donors (Lipinski definition) is 1. The van der Waals surface area contributed by atoms with Gasteiger partial charge in [0.15, 0.2) is 5.69 Å². The highest BCUT2D eigenvalue weighted by Gasteiger charge is 2.32. The van der Waals surface area contributed by atoms with Gasteiger partial charge in [-0.1, -0.05) is 12.1 Å². The first-order valence-corrected chi connectivity index (χ1v) is 11.3. The Balaban J connectivity index is 1.22. The fourth-order valence-electron chi connectivity index (χ4n) is 5.08. The average molecular weight is 429 g/mol. The largest absolute Gasteiger partial charge is 0.342 e. The highest BCUT2D eigenvalue weighted by atomic mass is 19.1. The van der Waals surface area contributed by atoms with E-state index in [-0.39, 0.29) is 11.7 Å². The average Bonchev–Trinajstić information content (AvgIpc) is 3.54. The number of aromatic nitrogens is 4. The minimum absolute atomic E-state index is 0.00654. The van der Waals surface area contributed by atoms with Crippen LogP contribution >= 0.6 is 0 Å². The van der Waals surface area contributed by atoms with E-state index in [2.05, 4.69) is 4.98 Å². The Morgan fingerprint density at radius 3 is 2.59 bits per heavy atom. The molecule has 1 N–H and O–H groups in total. The van der Waals surface area contributed by atoms with Crippen molar-refractivity contribution in [2.45, 2.75) is 38.0 Å².